The van der Waals surface area contributed by atoms with Gasteiger partial charge in [-0.25, -0.2) is 0 Å². The topological polar surface area (TPSA) is 73.8 Å². The van der Waals surface area contributed by atoms with Crippen molar-refractivity contribution in [1.29, 1.82) is 0 Å². The SMILES string of the molecule is O=C(NCCCn1cc(-c2ccc(OC(F)(F)F)cc2)c2cc(CN3CC4CC3CN4Cc3ccccc3)ccc21)C1CNCCN1. The molecular formula is C36H41F3N6O2. The lowest BCUT2D eigenvalue weighted by Gasteiger charge is -2.34. The first-order valence-corrected chi connectivity index (χ1v) is 16.5. The molecule has 1 aromatic heterocycles. The number of piperazine rings is 2. The number of aryl methyl sites for hydroxylation is 1. The van der Waals surface area contributed by atoms with E-state index >= 15 is 0 Å². The zero-order chi connectivity index (χ0) is 32.4. The molecule has 3 aliphatic rings. The van der Waals surface area contributed by atoms with Gasteiger partial charge in [0.15, 0.2) is 0 Å². The number of carbonyl (C=O) groups excluding carboxylic acids is 1. The van der Waals surface area contributed by atoms with E-state index in [1.165, 1.54) is 29.7 Å². The van der Waals surface area contributed by atoms with Crippen LogP contribution in [-0.2, 0) is 24.4 Å². The summed E-state index contributed by atoms with van der Waals surface area (Å²) in [4.78, 5) is 17.7. The van der Waals surface area contributed by atoms with Crippen molar-refractivity contribution in [3.63, 3.8) is 0 Å². The summed E-state index contributed by atoms with van der Waals surface area (Å²) in [7, 11) is 0. The highest BCUT2D eigenvalue weighted by molar-refractivity contribution is 5.96. The molecule has 3 fully saturated rings. The van der Waals surface area contributed by atoms with Crippen LogP contribution in [0.2, 0.25) is 0 Å². The highest BCUT2D eigenvalue weighted by Crippen LogP contribution is 2.36. The normalized spacial score (nSPS) is 21.8. The number of benzene rings is 3. The van der Waals surface area contributed by atoms with Crippen LogP contribution in [-0.4, -0.2) is 84.0 Å². The van der Waals surface area contributed by atoms with E-state index in [-0.39, 0.29) is 17.7 Å². The first kappa shape index (κ1) is 31.7. The molecule has 248 valence electrons. The molecule has 3 unspecified atom stereocenters. The van der Waals surface area contributed by atoms with Crippen LogP contribution in [0.25, 0.3) is 22.0 Å². The minimum atomic E-state index is -4.74. The fourth-order valence-electron chi connectivity index (χ4n) is 7.39. The van der Waals surface area contributed by atoms with Gasteiger partial charge in [-0.1, -0.05) is 48.5 Å². The quantitative estimate of drug-likeness (QED) is 0.205. The van der Waals surface area contributed by atoms with E-state index in [0.717, 1.165) is 67.7 Å². The Kier molecular flexibility index (Phi) is 9.22. The summed E-state index contributed by atoms with van der Waals surface area (Å²) in [6.07, 6.45) is -0.737. The molecule has 7 rings (SSSR count). The minimum Gasteiger partial charge on any atom is -0.406 e. The van der Waals surface area contributed by atoms with Gasteiger partial charge in [0.25, 0.3) is 0 Å². The largest absolute Gasteiger partial charge is 0.573 e. The van der Waals surface area contributed by atoms with Crippen molar-refractivity contribution in [2.45, 2.75) is 57.0 Å². The summed E-state index contributed by atoms with van der Waals surface area (Å²) in [5.74, 6) is -0.241. The molecule has 47 heavy (non-hydrogen) atoms. The molecule has 0 aliphatic carbocycles. The first-order valence-electron chi connectivity index (χ1n) is 16.5. The maximum atomic E-state index is 12.8. The van der Waals surface area contributed by atoms with E-state index in [4.69, 9.17) is 0 Å². The van der Waals surface area contributed by atoms with Crippen molar-refractivity contribution in [2.24, 2.45) is 0 Å². The second-order valence-electron chi connectivity index (χ2n) is 12.9. The van der Waals surface area contributed by atoms with Crippen molar-refractivity contribution in [3.8, 4) is 16.9 Å². The Balaban J connectivity index is 1.06. The summed E-state index contributed by atoms with van der Waals surface area (Å²) in [5, 5.41) is 10.6. The molecule has 0 spiro atoms. The second-order valence-corrected chi connectivity index (χ2v) is 12.9. The molecule has 1 amide bonds. The highest BCUT2D eigenvalue weighted by atomic mass is 19.4. The fourth-order valence-corrected chi connectivity index (χ4v) is 7.39. The number of ether oxygens (including phenoxy) is 1. The van der Waals surface area contributed by atoms with Gasteiger partial charge in [-0.2, -0.15) is 0 Å². The van der Waals surface area contributed by atoms with Crippen LogP contribution in [0.15, 0.2) is 79.0 Å². The minimum absolute atomic E-state index is 0.000128. The molecule has 2 bridgehead atoms. The van der Waals surface area contributed by atoms with E-state index in [2.05, 4.69) is 89.8 Å². The molecule has 4 aromatic rings. The Morgan fingerprint density at radius 2 is 1.66 bits per heavy atom. The van der Waals surface area contributed by atoms with Crippen molar-refractivity contribution >= 4 is 16.8 Å². The van der Waals surface area contributed by atoms with Crippen molar-refractivity contribution in [2.75, 3.05) is 39.3 Å². The van der Waals surface area contributed by atoms with Gasteiger partial charge in [-0.15, -0.1) is 13.2 Å². The number of carbonyl (C=O) groups is 1. The average Bonchev–Trinajstić information content (AvgIpc) is 3.76. The van der Waals surface area contributed by atoms with Gasteiger partial charge >= 0.3 is 6.36 Å². The van der Waals surface area contributed by atoms with Gasteiger partial charge in [0.1, 0.15) is 5.75 Å². The van der Waals surface area contributed by atoms with Crippen molar-refractivity contribution < 1.29 is 22.7 Å². The smallest absolute Gasteiger partial charge is 0.406 e. The molecule has 3 saturated heterocycles. The number of alkyl halides is 3. The van der Waals surface area contributed by atoms with Crippen LogP contribution >= 0.6 is 0 Å². The van der Waals surface area contributed by atoms with E-state index in [9.17, 15) is 18.0 Å². The number of halogens is 3. The predicted octanol–water partition coefficient (Wildman–Crippen LogP) is 4.73. The summed E-state index contributed by atoms with van der Waals surface area (Å²) in [6, 6.07) is 24.2. The van der Waals surface area contributed by atoms with E-state index in [0.29, 0.717) is 31.7 Å². The second kappa shape index (κ2) is 13.7. The van der Waals surface area contributed by atoms with E-state index in [1.54, 1.807) is 12.1 Å². The van der Waals surface area contributed by atoms with Crippen LogP contribution < -0.4 is 20.7 Å². The number of nitrogens with zero attached hydrogens (tertiary/aromatic N) is 3. The molecule has 3 N–H and O–H groups in total. The van der Waals surface area contributed by atoms with Crippen LogP contribution in [0, 0.1) is 0 Å². The van der Waals surface area contributed by atoms with E-state index in [1.807, 2.05) is 0 Å². The first-order chi connectivity index (χ1) is 22.8. The Hall–Kier alpha value is -3.90. The fraction of sp³-hybridized carbons (Fsp3) is 0.417. The number of aromatic nitrogens is 1. The summed E-state index contributed by atoms with van der Waals surface area (Å²) in [5.41, 5.74) is 5.41. The van der Waals surface area contributed by atoms with Crippen molar-refractivity contribution in [1.82, 2.24) is 30.3 Å². The van der Waals surface area contributed by atoms with Gasteiger partial charge in [-0.3, -0.25) is 14.6 Å². The number of rotatable bonds is 11. The van der Waals surface area contributed by atoms with Crippen LogP contribution in [0.3, 0.4) is 0 Å². The lowest BCUT2D eigenvalue weighted by Crippen LogP contribution is -2.55. The van der Waals surface area contributed by atoms with Gasteiger partial charge in [0.05, 0.1) is 6.04 Å². The highest BCUT2D eigenvalue weighted by Gasteiger charge is 2.42. The molecule has 11 heteroatoms. The number of nitrogens with one attached hydrogen (secondary N) is 3. The summed E-state index contributed by atoms with van der Waals surface area (Å²) >= 11 is 0. The molecule has 3 aliphatic heterocycles. The Morgan fingerprint density at radius 3 is 2.34 bits per heavy atom. The lowest BCUT2D eigenvalue weighted by molar-refractivity contribution is -0.274. The maximum Gasteiger partial charge on any atom is 0.573 e. The standard InChI is InChI=1S/C36H41F3N6O2/c37-36(38,39)47-30-10-8-27(9-11-30)32-24-43(16-4-13-42-35(46)33-19-40-14-15-41-33)34-12-7-26(17-31(32)34)21-45-23-28-18-29(45)22-44(28)20-25-5-2-1-3-6-25/h1-3,5-12,17,24,28-29,33,40-41H,4,13-16,18-23H2,(H,42,46). The van der Waals surface area contributed by atoms with Gasteiger partial charge in [0, 0.05) is 93.6 Å². The summed E-state index contributed by atoms with van der Waals surface area (Å²) in [6.45, 7) is 7.45. The van der Waals surface area contributed by atoms with Crippen LogP contribution in [0.5, 0.6) is 5.75 Å². The van der Waals surface area contributed by atoms with E-state index < -0.39 is 6.36 Å². The third-order valence-corrected chi connectivity index (χ3v) is 9.66. The molecule has 3 atom stereocenters. The number of amides is 1. The van der Waals surface area contributed by atoms with Crippen molar-refractivity contribution in [3.05, 3.63) is 90.1 Å². The number of hydrogen-bond acceptors (Lipinski definition) is 6. The molecular weight excluding hydrogens is 605 g/mol. The molecule has 8 nitrogen and oxygen atoms in total. The lowest BCUT2D eigenvalue weighted by atomic mass is 10.0. The van der Waals surface area contributed by atoms with Crippen LogP contribution in [0.4, 0.5) is 13.2 Å². The number of fused-ring (bicyclic) bond motifs is 3. The summed E-state index contributed by atoms with van der Waals surface area (Å²) < 4.78 is 44.7. The van der Waals surface area contributed by atoms with Crippen LogP contribution in [0.1, 0.15) is 24.0 Å². The number of hydrogen-bond donors (Lipinski definition) is 3. The van der Waals surface area contributed by atoms with Gasteiger partial charge in [0.2, 0.25) is 5.91 Å². The molecule has 0 saturated carbocycles. The Labute approximate surface area is 272 Å². The predicted molar refractivity (Wildman–Crippen MR) is 176 cm³/mol. The monoisotopic (exact) mass is 646 g/mol. The average molecular weight is 647 g/mol. The zero-order valence-corrected chi connectivity index (χ0v) is 26.3. The third kappa shape index (κ3) is 7.49. The van der Waals surface area contributed by atoms with Gasteiger partial charge in [-0.05, 0) is 53.8 Å². The molecule has 3 aromatic carbocycles. The molecule has 0 radical (unpaired) electrons. The Bertz CT molecular complexity index is 1670. The Morgan fingerprint density at radius 1 is 0.915 bits per heavy atom. The molecule has 4 heterocycles. The zero-order valence-electron chi connectivity index (χ0n) is 26.3. The third-order valence-electron chi connectivity index (χ3n) is 9.66. The van der Waals surface area contributed by atoms with Gasteiger partial charge < -0.3 is 25.3 Å². The number of likely N-dealkylation sites (tertiary alicyclic amines) is 2. The maximum absolute atomic E-state index is 12.8.